The van der Waals surface area contributed by atoms with Crippen molar-refractivity contribution in [3.63, 3.8) is 0 Å². The summed E-state index contributed by atoms with van der Waals surface area (Å²) >= 11 is 0. The Morgan fingerprint density at radius 2 is 1.94 bits per heavy atom. The zero-order valence-electron chi connectivity index (χ0n) is 10.3. The van der Waals surface area contributed by atoms with Gasteiger partial charge in [-0.3, -0.25) is 4.79 Å². The van der Waals surface area contributed by atoms with Crippen LogP contribution in [-0.2, 0) is 19.6 Å². The van der Waals surface area contributed by atoms with Crippen molar-refractivity contribution in [3.8, 4) is 0 Å². The van der Waals surface area contributed by atoms with E-state index in [0.717, 1.165) is 25.7 Å². The maximum absolute atomic E-state index is 11.8. The SMILES string of the molecule is COC(=O)[C@@H]1C[C@@H]2CCCC[C@H]2N1S(C)(=O)=O. The highest BCUT2D eigenvalue weighted by Gasteiger charge is 2.49. The van der Waals surface area contributed by atoms with Gasteiger partial charge in [-0.25, -0.2) is 8.42 Å². The summed E-state index contributed by atoms with van der Waals surface area (Å²) in [5.41, 5.74) is 0. The minimum absolute atomic E-state index is 0.00264. The third-order valence-electron chi connectivity index (χ3n) is 3.89. The van der Waals surface area contributed by atoms with Gasteiger partial charge in [-0.1, -0.05) is 12.8 Å². The number of carbonyl (C=O) groups is 1. The first-order valence-electron chi connectivity index (χ1n) is 6.01. The molecule has 0 aromatic carbocycles. The van der Waals surface area contributed by atoms with Crippen LogP contribution in [0.4, 0.5) is 0 Å². The predicted octanol–water partition coefficient (Wildman–Crippen LogP) is 0.752. The molecule has 0 unspecified atom stereocenters. The van der Waals surface area contributed by atoms with Crippen molar-refractivity contribution in [2.75, 3.05) is 13.4 Å². The molecule has 6 heteroatoms. The molecule has 1 aliphatic carbocycles. The summed E-state index contributed by atoms with van der Waals surface area (Å²) in [4.78, 5) is 11.7. The number of fused-ring (bicyclic) bond motifs is 1. The standard InChI is InChI=1S/C11H19NO4S/c1-16-11(13)10-7-8-5-3-4-6-9(8)12(10)17(2,14)15/h8-10H,3-7H2,1-2H3/t8-,9+,10-/m0/s1. The highest BCUT2D eigenvalue weighted by molar-refractivity contribution is 7.88. The van der Waals surface area contributed by atoms with Gasteiger partial charge in [0.15, 0.2) is 0 Å². The molecule has 3 atom stereocenters. The van der Waals surface area contributed by atoms with E-state index in [9.17, 15) is 13.2 Å². The van der Waals surface area contributed by atoms with Crippen LogP contribution in [0, 0.1) is 5.92 Å². The summed E-state index contributed by atoms with van der Waals surface area (Å²) in [5, 5.41) is 0. The molecule has 0 aromatic heterocycles. The van der Waals surface area contributed by atoms with Gasteiger partial charge >= 0.3 is 5.97 Å². The van der Waals surface area contributed by atoms with Crippen molar-refractivity contribution in [1.82, 2.24) is 4.31 Å². The van der Waals surface area contributed by atoms with Crippen molar-refractivity contribution >= 4 is 16.0 Å². The molecular formula is C11H19NO4S. The van der Waals surface area contributed by atoms with Crippen LogP contribution < -0.4 is 0 Å². The molecule has 0 spiro atoms. The Hall–Kier alpha value is -0.620. The highest BCUT2D eigenvalue weighted by Crippen LogP contribution is 2.41. The minimum atomic E-state index is -3.34. The Kier molecular flexibility index (Phi) is 3.45. The number of sulfonamides is 1. The Balaban J connectivity index is 2.30. The lowest BCUT2D eigenvalue weighted by atomic mass is 9.85. The van der Waals surface area contributed by atoms with Gasteiger partial charge in [0.2, 0.25) is 10.0 Å². The number of hydrogen-bond donors (Lipinski definition) is 0. The van der Waals surface area contributed by atoms with E-state index in [2.05, 4.69) is 0 Å². The van der Waals surface area contributed by atoms with E-state index in [1.807, 2.05) is 0 Å². The summed E-state index contributed by atoms with van der Waals surface area (Å²) in [5.74, 6) is -0.104. The van der Waals surface area contributed by atoms with Crippen LogP contribution in [0.5, 0.6) is 0 Å². The van der Waals surface area contributed by atoms with Crippen LogP contribution >= 0.6 is 0 Å². The second-order valence-electron chi connectivity index (χ2n) is 4.98. The Morgan fingerprint density at radius 3 is 2.53 bits per heavy atom. The van der Waals surface area contributed by atoms with Gasteiger partial charge in [-0.05, 0) is 25.2 Å². The molecule has 2 aliphatic rings. The first kappa shape index (κ1) is 12.8. The monoisotopic (exact) mass is 261 g/mol. The average molecular weight is 261 g/mol. The summed E-state index contributed by atoms with van der Waals surface area (Å²) in [7, 11) is -2.03. The zero-order valence-corrected chi connectivity index (χ0v) is 11.1. The number of nitrogens with zero attached hydrogens (tertiary/aromatic N) is 1. The molecule has 0 amide bonds. The molecule has 1 saturated carbocycles. The van der Waals surface area contributed by atoms with Gasteiger partial charge in [0.25, 0.3) is 0 Å². The van der Waals surface area contributed by atoms with Crippen LogP contribution in [0.2, 0.25) is 0 Å². The molecule has 98 valence electrons. The lowest BCUT2D eigenvalue weighted by Gasteiger charge is -2.31. The third kappa shape index (κ3) is 2.33. The average Bonchev–Trinajstić information content (AvgIpc) is 2.66. The lowest BCUT2D eigenvalue weighted by molar-refractivity contribution is -0.144. The van der Waals surface area contributed by atoms with Crippen LogP contribution in [0.15, 0.2) is 0 Å². The number of methoxy groups -OCH3 is 1. The fourth-order valence-electron chi connectivity index (χ4n) is 3.23. The number of rotatable bonds is 2. The maximum Gasteiger partial charge on any atom is 0.324 e. The lowest BCUT2D eigenvalue weighted by Crippen LogP contribution is -2.45. The molecule has 2 rings (SSSR count). The van der Waals surface area contributed by atoms with Crippen molar-refractivity contribution in [1.29, 1.82) is 0 Å². The van der Waals surface area contributed by atoms with Gasteiger partial charge in [0, 0.05) is 6.04 Å². The molecule has 0 aromatic rings. The molecule has 1 aliphatic heterocycles. The first-order valence-corrected chi connectivity index (χ1v) is 7.86. The number of esters is 1. The third-order valence-corrected chi connectivity index (χ3v) is 5.18. The summed E-state index contributed by atoms with van der Waals surface area (Å²) in [6.07, 6.45) is 5.85. The van der Waals surface area contributed by atoms with Crippen LogP contribution in [0.1, 0.15) is 32.1 Å². The summed E-state index contributed by atoms with van der Waals surface area (Å²) in [6, 6.07) is -0.606. The van der Waals surface area contributed by atoms with Gasteiger partial charge in [-0.15, -0.1) is 0 Å². The molecule has 17 heavy (non-hydrogen) atoms. The van der Waals surface area contributed by atoms with Crippen molar-refractivity contribution < 1.29 is 17.9 Å². The smallest absolute Gasteiger partial charge is 0.324 e. The van der Waals surface area contributed by atoms with Gasteiger partial charge < -0.3 is 4.74 Å². The highest BCUT2D eigenvalue weighted by atomic mass is 32.2. The second kappa shape index (κ2) is 4.57. The Labute approximate surface area is 102 Å². The maximum atomic E-state index is 11.8. The first-order chi connectivity index (χ1) is 7.95. The van der Waals surface area contributed by atoms with Crippen molar-refractivity contribution in [3.05, 3.63) is 0 Å². The molecular weight excluding hydrogens is 242 g/mol. The van der Waals surface area contributed by atoms with E-state index in [1.165, 1.54) is 17.7 Å². The molecule has 0 radical (unpaired) electrons. The molecule has 0 N–H and O–H groups in total. The summed E-state index contributed by atoms with van der Waals surface area (Å²) < 4.78 is 29.8. The van der Waals surface area contributed by atoms with Crippen molar-refractivity contribution in [2.24, 2.45) is 5.92 Å². The minimum Gasteiger partial charge on any atom is -0.468 e. The molecule has 1 heterocycles. The van der Waals surface area contributed by atoms with Crippen LogP contribution in [-0.4, -0.2) is 44.1 Å². The van der Waals surface area contributed by atoms with Gasteiger partial charge in [0.05, 0.1) is 13.4 Å². The topological polar surface area (TPSA) is 63.7 Å². The fraction of sp³-hybridized carbons (Fsp3) is 0.909. The van der Waals surface area contributed by atoms with E-state index in [1.54, 1.807) is 0 Å². The number of carbonyl (C=O) groups excluding carboxylic acids is 1. The molecule has 2 fully saturated rings. The van der Waals surface area contributed by atoms with Crippen LogP contribution in [0.3, 0.4) is 0 Å². The molecule has 0 bridgehead atoms. The summed E-state index contributed by atoms with van der Waals surface area (Å²) in [6.45, 7) is 0. The van der Waals surface area contributed by atoms with Gasteiger partial charge in [-0.2, -0.15) is 4.31 Å². The fourth-order valence-corrected chi connectivity index (χ4v) is 4.64. The molecule has 5 nitrogen and oxygen atoms in total. The van der Waals surface area contributed by atoms with E-state index in [-0.39, 0.29) is 6.04 Å². The largest absolute Gasteiger partial charge is 0.468 e. The Morgan fingerprint density at radius 1 is 1.29 bits per heavy atom. The van der Waals surface area contributed by atoms with E-state index in [4.69, 9.17) is 4.74 Å². The van der Waals surface area contributed by atoms with E-state index >= 15 is 0 Å². The second-order valence-corrected chi connectivity index (χ2v) is 6.87. The van der Waals surface area contributed by atoms with E-state index in [0.29, 0.717) is 12.3 Å². The van der Waals surface area contributed by atoms with Crippen LogP contribution in [0.25, 0.3) is 0 Å². The Bertz CT molecular complexity index is 406. The zero-order chi connectivity index (χ0) is 12.6. The van der Waals surface area contributed by atoms with Crippen molar-refractivity contribution in [2.45, 2.75) is 44.2 Å². The normalized spacial score (nSPS) is 34.4. The number of ether oxygens (including phenoxy) is 1. The molecule has 1 saturated heterocycles. The quantitative estimate of drug-likeness (QED) is 0.688. The van der Waals surface area contributed by atoms with E-state index < -0.39 is 22.0 Å². The number of hydrogen-bond acceptors (Lipinski definition) is 4. The predicted molar refractivity (Wildman–Crippen MR) is 62.8 cm³/mol. The van der Waals surface area contributed by atoms with Gasteiger partial charge in [0.1, 0.15) is 6.04 Å².